The molecule has 112 valence electrons. The summed E-state index contributed by atoms with van der Waals surface area (Å²) in [5.41, 5.74) is 0. The quantitative estimate of drug-likeness (QED) is 0.806. The molecular weight excluding hydrogens is 261 g/mol. The SMILES string of the molecule is CC(C)NC(CN1CCCC(C(F)(F)F)C1)C(=O)O. The number of carboxylic acid groups (broad SMARTS) is 1. The van der Waals surface area contributed by atoms with Crippen LogP contribution in [0.4, 0.5) is 13.2 Å². The predicted octanol–water partition coefficient (Wildman–Crippen LogP) is 1.71. The number of aliphatic carboxylic acids is 1. The smallest absolute Gasteiger partial charge is 0.393 e. The van der Waals surface area contributed by atoms with Gasteiger partial charge in [0.1, 0.15) is 6.04 Å². The number of carbonyl (C=O) groups is 1. The van der Waals surface area contributed by atoms with Crippen molar-refractivity contribution in [3.05, 3.63) is 0 Å². The summed E-state index contributed by atoms with van der Waals surface area (Å²) in [6, 6.07) is -0.851. The zero-order valence-corrected chi connectivity index (χ0v) is 11.2. The van der Waals surface area contributed by atoms with E-state index in [2.05, 4.69) is 5.32 Å². The minimum absolute atomic E-state index is 0.0238. The van der Waals surface area contributed by atoms with Crippen molar-refractivity contribution in [2.75, 3.05) is 19.6 Å². The highest BCUT2D eigenvalue weighted by Gasteiger charge is 2.42. The summed E-state index contributed by atoms with van der Waals surface area (Å²) in [6.45, 7) is 4.15. The second kappa shape index (κ2) is 6.56. The second-order valence-corrected chi connectivity index (χ2v) is 5.35. The van der Waals surface area contributed by atoms with Gasteiger partial charge in [-0.3, -0.25) is 4.79 Å². The molecule has 7 heteroatoms. The van der Waals surface area contributed by atoms with Gasteiger partial charge in [-0.1, -0.05) is 13.8 Å². The van der Waals surface area contributed by atoms with Crippen LogP contribution in [-0.2, 0) is 4.79 Å². The van der Waals surface area contributed by atoms with Crippen LogP contribution in [0.1, 0.15) is 26.7 Å². The average Bonchev–Trinajstić information content (AvgIpc) is 2.26. The Morgan fingerprint density at radius 3 is 2.58 bits per heavy atom. The van der Waals surface area contributed by atoms with Crippen molar-refractivity contribution >= 4 is 5.97 Å². The van der Waals surface area contributed by atoms with E-state index < -0.39 is 24.1 Å². The Hall–Kier alpha value is -0.820. The first kappa shape index (κ1) is 16.2. The van der Waals surface area contributed by atoms with Crippen molar-refractivity contribution in [3.8, 4) is 0 Å². The molecule has 1 rings (SSSR count). The van der Waals surface area contributed by atoms with E-state index in [1.165, 1.54) is 0 Å². The van der Waals surface area contributed by atoms with E-state index in [-0.39, 0.29) is 25.6 Å². The largest absolute Gasteiger partial charge is 0.480 e. The van der Waals surface area contributed by atoms with Gasteiger partial charge >= 0.3 is 12.1 Å². The summed E-state index contributed by atoms with van der Waals surface area (Å²) < 4.78 is 38.0. The van der Waals surface area contributed by atoms with Gasteiger partial charge < -0.3 is 15.3 Å². The van der Waals surface area contributed by atoms with E-state index >= 15 is 0 Å². The number of nitrogens with one attached hydrogen (secondary N) is 1. The monoisotopic (exact) mass is 282 g/mol. The van der Waals surface area contributed by atoms with Crippen molar-refractivity contribution in [2.24, 2.45) is 5.92 Å². The molecule has 1 heterocycles. The Kier molecular flexibility index (Phi) is 5.61. The number of halogens is 3. The summed E-state index contributed by atoms with van der Waals surface area (Å²) in [5.74, 6) is -2.36. The molecule has 19 heavy (non-hydrogen) atoms. The zero-order chi connectivity index (χ0) is 14.6. The molecule has 0 amide bonds. The number of hydrogen-bond donors (Lipinski definition) is 2. The third-order valence-corrected chi connectivity index (χ3v) is 3.24. The van der Waals surface area contributed by atoms with Gasteiger partial charge in [0.25, 0.3) is 0 Å². The van der Waals surface area contributed by atoms with Crippen LogP contribution in [0.5, 0.6) is 0 Å². The van der Waals surface area contributed by atoms with Gasteiger partial charge in [0.05, 0.1) is 5.92 Å². The van der Waals surface area contributed by atoms with Gasteiger partial charge in [-0.15, -0.1) is 0 Å². The Bertz CT molecular complexity index is 308. The molecule has 0 radical (unpaired) electrons. The highest BCUT2D eigenvalue weighted by Crippen LogP contribution is 2.33. The maximum atomic E-state index is 12.7. The number of rotatable bonds is 5. The molecule has 0 aromatic carbocycles. The van der Waals surface area contributed by atoms with Gasteiger partial charge in [-0.05, 0) is 19.4 Å². The fraction of sp³-hybridized carbons (Fsp3) is 0.917. The first-order chi connectivity index (χ1) is 8.70. The summed E-state index contributed by atoms with van der Waals surface area (Å²) in [4.78, 5) is 12.7. The third kappa shape index (κ3) is 5.36. The lowest BCUT2D eigenvalue weighted by Gasteiger charge is -2.35. The number of alkyl halides is 3. The van der Waals surface area contributed by atoms with Crippen molar-refractivity contribution < 1.29 is 23.1 Å². The summed E-state index contributed by atoms with van der Waals surface area (Å²) >= 11 is 0. The van der Waals surface area contributed by atoms with Gasteiger partial charge in [0.2, 0.25) is 0 Å². The van der Waals surface area contributed by atoms with Crippen LogP contribution in [-0.4, -0.2) is 53.9 Å². The average molecular weight is 282 g/mol. The van der Waals surface area contributed by atoms with Gasteiger partial charge in [-0.25, -0.2) is 0 Å². The Morgan fingerprint density at radius 2 is 2.11 bits per heavy atom. The van der Waals surface area contributed by atoms with Crippen LogP contribution in [0.25, 0.3) is 0 Å². The molecule has 4 nitrogen and oxygen atoms in total. The predicted molar refractivity (Wildman–Crippen MR) is 64.9 cm³/mol. The first-order valence-electron chi connectivity index (χ1n) is 6.48. The van der Waals surface area contributed by atoms with E-state index in [0.29, 0.717) is 13.0 Å². The van der Waals surface area contributed by atoms with E-state index in [9.17, 15) is 18.0 Å². The fourth-order valence-corrected chi connectivity index (χ4v) is 2.35. The molecule has 0 aliphatic carbocycles. The molecule has 2 N–H and O–H groups in total. The van der Waals surface area contributed by atoms with Gasteiger partial charge in [-0.2, -0.15) is 13.2 Å². The Morgan fingerprint density at radius 1 is 1.47 bits per heavy atom. The van der Waals surface area contributed by atoms with E-state index in [1.807, 2.05) is 13.8 Å². The van der Waals surface area contributed by atoms with Crippen molar-refractivity contribution in [1.29, 1.82) is 0 Å². The highest BCUT2D eigenvalue weighted by atomic mass is 19.4. The van der Waals surface area contributed by atoms with Crippen molar-refractivity contribution in [2.45, 2.75) is 44.9 Å². The fourth-order valence-electron chi connectivity index (χ4n) is 2.35. The highest BCUT2D eigenvalue weighted by molar-refractivity contribution is 5.73. The van der Waals surface area contributed by atoms with Crippen LogP contribution < -0.4 is 5.32 Å². The minimum Gasteiger partial charge on any atom is -0.480 e. The first-order valence-corrected chi connectivity index (χ1v) is 6.48. The molecule has 1 aliphatic rings. The summed E-state index contributed by atoms with van der Waals surface area (Å²) in [6.07, 6.45) is -3.60. The Labute approximate surface area is 111 Å². The van der Waals surface area contributed by atoms with Crippen LogP contribution in [0, 0.1) is 5.92 Å². The summed E-state index contributed by atoms with van der Waals surface area (Å²) in [5, 5.41) is 11.9. The minimum atomic E-state index is -4.19. The van der Waals surface area contributed by atoms with Gasteiger partial charge in [0.15, 0.2) is 0 Å². The lowest BCUT2D eigenvalue weighted by molar-refractivity contribution is -0.187. The molecule has 0 aromatic rings. The number of piperidine rings is 1. The van der Waals surface area contributed by atoms with Gasteiger partial charge in [0, 0.05) is 19.1 Å². The Balaban J connectivity index is 2.57. The van der Waals surface area contributed by atoms with E-state index in [1.54, 1.807) is 4.90 Å². The molecular formula is C12H21F3N2O2. The third-order valence-electron chi connectivity index (χ3n) is 3.24. The van der Waals surface area contributed by atoms with Crippen molar-refractivity contribution in [3.63, 3.8) is 0 Å². The van der Waals surface area contributed by atoms with E-state index in [0.717, 1.165) is 0 Å². The van der Waals surface area contributed by atoms with Crippen LogP contribution in [0.2, 0.25) is 0 Å². The molecule has 2 unspecified atom stereocenters. The lowest BCUT2D eigenvalue weighted by atomic mass is 9.97. The summed E-state index contributed by atoms with van der Waals surface area (Å²) in [7, 11) is 0. The maximum absolute atomic E-state index is 12.7. The van der Waals surface area contributed by atoms with Crippen molar-refractivity contribution in [1.82, 2.24) is 10.2 Å². The molecule has 0 aromatic heterocycles. The molecule has 1 saturated heterocycles. The number of hydrogen-bond acceptors (Lipinski definition) is 3. The second-order valence-electron chi connectivity index (χ2n) is 5.35. The zero-order valence-electron chi connectivity index (χ0n) is 11.2. The lowest BCUT2D eigenvalue weighted by Crippen LogP contribution is -2.51. The standard InChI is InChI=1S/C12H21F3N2O2/c1-8(2)16-10(11(18)19)7-17-5-3-4-9(6-17)12(13,14)15/h8-10,16H,3-7H2,1-2H3,(H,18,19). The van der Waals surface area contributed by atoms with Crippen LogP contribution in [0.15, 0.2) is 0 Å². The number of nitrogens with zero attached hydrogens (tertiary/aromatic N) is 1. The molecule has 1 fully saturated rings. The normalized spacial score (nSPS) is 23.6. The maximum Gasteiger partial charge on any atom is 0.393 e. The number of carboxylic acids is 1. The topological polar surface area (TPSA) is 52.6 Å². The molecule has 0 bridgehead atoms. The number of likely N-dealkylation sites (tertiary alicyclic amines) is 1. The molecule has 0 saturated carbocycles. The molecule has 1 aliphatic heterocycles. The molecule has 0 spiro atoms. The van der Waals surface area contributed by atoms with Crippen LogP contribution in [0.3, 0.4) is 0 Å². The van der Waals surface area contributed by atoms with E-state index in [4.69, 9.17) is 5.11 Å². The molecule has 2 atom stereocenters. The van der Waals surface area contributed by atoms with Crippen LogP contribution >= 0.6 is 0 Å².